The van der Waals surface area contributed by atoms with Crippen LogP contribution in [0.2, 0.25) is 5.02 Å². The Balaban J connectivity index is 2.00. The van der Waals surface area contributed by atoms with E-state index >= 15 is 0 Å². The number of hydrogen-bond acceptors (Lipinski definition) is 4. The number of halogens is 2. The van der Waals surface area contributed by atoms with Crippen molar-refractivity contribution in [3.05, 3.63) is 75.5 Å². The Bertz CT molecular complexity index is 914. The second-order valence-corrected chi connectivity index (χ2v) is 5.64. The minimum absolute atomic E-state index is 0.00768. The zero-order valence-electron chi connectivity index (χ0n) is 12.8. The molecule has 0 bridgehead atoms. The quantitative estimate of drug-likeness (QED) is 0.738. The maximum Gasteiger partial charge on any atom is 0.272 e. The third-order valence-corrected chi connectivity index (χ3v) is 3.81. The van der Waals surface area contributed by atoms with Gasteiger partial charge in [0.15, 0.2) is 5.82 Å². The number of pyridine rings is 1. The highest BCUT2D eigenvalue weighted by molar-refractivity contribution is 6.32. The minimum atomic E-state index is -0.649. The van der Waals surface area contributed by atoms with E-state index in [-0.39, 0.29) is 10.8 Å². The Morgan fingerprint density at radius 1 is 1.25 bits per heavy atom. The largest absolute Gasteiger partial charge is 0.354 e. The van der Waals surface area contributed by atoms with Gasteiger partial charge in [-0.05, 0) is 11.6 Å². The molecule has 0 aliphatic rings. The van der Waals surface area contributed by atoms with Crippen LogP contribution < -0.4 is 10.5 Å². The van der Waals surface area contributed by atoms with Gasteiger partial charge in [0.25, 0.3) is 5.56 Å². The summed E-state index contributed by atoms with van der Waals surface area (Å²) in [5.41, 5.74) is 0.995. The molecule has 0 saturated heterocycles. The Labute approximate surface area is 142 Å². The summed E-state index contributed by atoms with van der Waals surface area (Å²) in [6.07, 6.45) is 1.31. The Morgan fingerprint density at radius 3 is 2.71 bits per heavy atom. The number of H-pyrrole nitrogens is 1. The number of aromatic nitrogens is 3. The van der Waals surface area contributed by atoms with Crippen LogP contribution in [0, 0.1) is 5.95 Å². The molecule has 2 aromatic heterocycles. The minimum Gasteiger partial charge on any atom is -0.354 e. The summed E-state index contributed by atoms with van der Waals surface area (Å²) >= 11 is 6.11. The van der Waals surface area contributed by atoms with Crippen LogP contribution >= 0.6 is 11.6 Å². The standard InChI is InChI=1S/C17H14ClFN4O/c1-23(10-11-5-3-2-4-6-11)16-14(18)17(24)22-15(21-16)12-7-8-20-13(19)9-12/h2-9H,10H2,1H3,(H,21,22,24). The van der Waals surface area contributed by atoms with Crippen LogP contribution in [0.5, 0.6) is 0 Å². The zero-order chi connectivity index (χ0) is 17.1. The zero-order valence-corrected chi connectivity index (χ0v) is 13.6. The second-order valence-electron chi connectivity index (χ2n) is 5.26. The molecule has 0 saturated carbocycles. The Kier molecular flexibility index (Phi) is 4.57. The first-order valence-electron chi connectivity index (χ1n) is 7.21. The predicted octanol–water partition coefficient (Wildman–Crippen LogP) is 3.26. The predicted molar refractivity (Wildman–Crippen MR) is 91.6 cm³/mol. The molecule has 0 amide bonds. The topological polar surface area (TPSA) is 61.9 Å². The van der Waals surface area contributed by atoms with Crippen LogP contribution in [-0.4, -0.2) is 22.0 Å². The molecule has 0 unspecified atom stereocenters. The lowest BCUT2D eigenvalue weighted by molar-refractivity contribution is 0.584. The first kappa shape index (κ1) is 16.1. The van der Waals surface area contributed by atoms with Crippen molar-refractivity contribution < 1.29 is 4.39 Å². The van der Waals surface area contributed by atoms with Gasteiger partial charge in [0.2, 0.25) is 5.95 Å². The number of benzene rings is 1. The smallest absolute Gasteiger partial charge is 0.272 e. The van der Waals surface area contributed by atoms with E-state index in [4.69, 9.17) is 11.6 Å². The molecular weight excluding hydrogens is 331 g/mol. The molecule has 7 heteroatoms. The van der Waals surface area contributed by atoms with Gasteiger partial charge < -0.3 is 9.88 Å². The average molecular weight is 345 g/mol. The summed E-state index contributed by atoms with van der Waals surface area (Å²) in [4.78, 5) is 24.3. The van der Waals surface area contributed by atoms with E-state index in [1.807, 2.05) is 30.3 Å². The normalized spacial score (nSPS) is 10.6. The molecule has 1 N–H and O–H groups in total. The lowest BCUT2D eigenvalue weighted by Crippen LogP contribution is -2.22. The van der Waals surface area contributed by atoms with E-state index < -0.39 is 11.5 Å². The second kappa shape index (κ2) is 6.80. The molecule has 3 rings (SSSR count). The fraction of sp³-hybridized carbons (Fsp3) is 0.118. The molecule has 3 aromatic rings. The highest BCUT2D eigenvalue weighted by Gasteiger charge is 2.15. The van der Waals surface area contributed by atoms with E-state index in [0.717, 1.165) is 5.56 Å². The van der Waals surface area contributed by atoms with Gasteiger partial charge in [-0.15, -0.1) is 0 Å². The van der Waals surface area contributed by atoms with Gasteiger partial charge in [-0.2, -0.15) is 4.39 Å². The van der Waals surface area contributed by atoms with Crippen LogP contribution in [0.1, 0.15) is 5.56 Å². The summed E-state index contributed by atoms with van der Waals surface area (Å²) in [5, 5.41) is -0.00768. The molecule has 0 aliphatic carbocycles. The monoisotopic (exact) mass is 344 g/mol. The van der Waals surface area contributed by atoms with Crippen molar-refractivity contribution in [3.8, 4) is 11.4 Å². The fourth-order valence-corrected chi connectivity index (χ4v) is 2.55. The average Bonchev–Trinajstić information content (AvgIpc) is 2.58. The van der Waals surface area contributed by atoms with Crippen molar-refractivity contribution >= 4 is 17.4 Å². The number of anilines is 1. The van der Waals surface area contributed by atoms with Crippen molar-refractivity contribution in [2.45, 2.75) is 6.54 Å². The summed E-state index contributed by atoms with van der Waals surface area (Å²) < 4.78 is 13.3. The number of rotatable bonds is 4. The third kappa shape index (κ3) is 3.44. The fourth-order valence-electron chi connectivity index (χ4n) is 2.32. The van der Waals surface area contributed by atoms with Gasteiger partial charge >= 0.3 is 0 Å². The SMILES string of the molecule is CN(Cc1ccccc1)c1nc(-c2ccnc(F)c2)[nH]c(=O)c1Cl. The molecule has 24 heavy (non-hydrogen) atoms. The van der Waals surface area contributed by atoms with Gasteiger partial charge in [0.05, 0.1) is 0 Å². The first-order valence-corrected chi connectivity index (χ1v) is 7.59. The van der Waals surface area contributed by atoms with Gasteiger partial charge in [-0.25, -0.2) is 9.97 Å². The lowest BCUT2D eigenvalue weighted by atomic mass is 10.2. The van der Waals surface area contributed by atoms with Crippen molar-refractivity contribution in [1.82, 2.24) is 15.0 Å². The molecule has 0 spiro atoms. The Hall–Kier alpha value is -2.73. The van der Waals surface area contributed by atoms with E-state index in [1.165, 1.54) is 12.3 Å². The van der Waals surface area contributed by atoms with Crippen molar-refractivity contribution in [3.63, 3.8) is 0 Å². The third-order valence-electron chi connectivity index (χ3n) is 3.47. The van der Waals surface area contributed by atoms with E-state index in [0.29, 0.717) is 17.9 Å². The maximum atomic E-state index is 13.3. The van der Waals surface area contributed by atoms with E-state index in [2.05, 4.69) is 15.0 Å². The number of nitrogens with one attached hydrogen (secondary N) is 1. The first-order chi connectivity index (χ1) is 11.5. The van der Waals surface area contributed by atoms with Crippen molar-refractivity contribution in [2.24, 2.45) is 0 Å². The van der Waals surface area contributed by atoms with E-state index in [1.54, 1.807) is 18.0 Å². The van der Waals surface area contributed by atoms with Crippen molar-refractivity contribution in [2.75, 3.05) is 11.9 Å². The molecule has 2 heterocycles. The molecule has 0 aliphatic heterocycles. The summed E-state index contributed by atoms with van der Waals surface area (Å²) in [6, 6.07) is 12.5. The highest BCUT2D eigenvalue weighted by Crippen LogP contribution is 2.23. The van der Waals surface area contributed by atoms with Gasteiger partial charge in [-0.1, -0.05) is 41.9 Å². The summed E-state index contributed by atoms with van der Waals surface area (Å²) in [6.45, 7) is 0.529. The van der Waals surface area contributed by atoms with Crippen molar-refractivity contribution in [1.29, 1.82) is 0 Å². The molecule has 1 aromatic carbocycles. The molecular formula is C17H14ClFN4O. The van der Waals surface area contributed by atoms with E-state index in [9.17, 15) is 9.18 Å². The van der Waals surface area contributed by atoms with Crippen LogP contribution in [0.15, 0.2) is 53.5 Å². The van der Waals surface area contributed by atoms with Crippen LogP contribution in [0.3, 0.4) is 0 Å². The molecule has 0 atom stereocenters. The maximum absolute atomic E-state index is 13.3. The van der Waals surface area contributed by atoms with Gasteiger partial charge in [-0.3, -0.25) is 4.79 Å². The van der Waals surface area contributed by atoms with Gasteiger partial charge in [0, 0.05) is 31.4 Å². The molecule has 122 valence electrons. The lowest BCUT2D eigenvalue weighted by Gasteiger charge is -2.19. The Morgan fingerprint density at radius 2 is 2.00 bits per heavy atom. The highest BCUT2D eigenvalue weighted by atomic mass is 35.5. The number of aromatic amines is 1. The van der Waals surface area contributed by atoms with Crippen LogP contribution in [0.4, 0.5) is 10.2 Å². The number of nitrogens with zero attached hydrogens (tertiary/aromatic N) is 3. The van der Waals surface area contributed by atoms with Gasteiger partial charge in [0.1, 0.15) is 10.8 Å². The molecule has 5 nitrogen and oxygen atoms in total. The van der Waals surface area contributed by atoms with Crippen LogP contribution in [0.25, 0.3) is 11.4 Å². The summed E-state index contributed by atoms with van der Waals surface area (Å²) in [5.74, 6) is -0.0820. The number of hydrogen-bond donors (Lipinski definition) is 1. The molecule has 0 radical (unpaired) electrons. The molecule has 0 fully saturated rings. The summed E-state index contributed by atoms with van der Waals surface area (Å²) in [7, 11) is 1.79. The van der Waals surface area contributed by atoms with Crippen LogP contribution in [-0.2, 0) is 6.54 Å².